The first-order chi connectivity index (χ1) is 15.3. The molecule has 2 aromatic rings. The highest BCUT2D eigenvalue weighted by molar-refractivity contribution is 6.31. The number of hydrogen-bond donors (Lipinski definition) is 2. The number of rotatable bonds is 6. The Bertz CT molecular complexity index is 1050. The molecule has 1 aliphatic heterocycles. The van der Waals surface area contributed by atoms with Crippen LogP contribution in [0.25, 0.3) is 0 Å². The quantitative estimate of drug-likeness (QED) is 0.697. The average molecular weight is 458 g/mol. The first-order valence-corrected chi connectivity index (χ1v) is 11.4. The van der Waals surface area contributed by atoms with Crippen molar-refractivity contribution in [1.29, 1.82) is 0 Å². The summed E-state index contributed by atoms with van der Waals surface area (Å²) < 4.78 is 1.62. The lowest BCUT2D eigenvalue weighted by atomic mass is 9.94. The van der Waals surface area contributed by atoms with E-state index in [4.69, 9.17) is 11.6 Å². The molecule has 1 fully saturated rings. The van der Waals surface area contributed by atoms with Crippen molar-refractivity contribution in [3.8, 4) is 0 Å². The van der Waals surface area contributed by atoms with Crippen molar-refractivity contribution in [3.05, 3.63) is 52.6 Å². The van der Waals surface area contributed by atoms with Crippen LogP contribution < -0.4 is 10.6 Å². The number of imidazole rings is 1. The minimum Gasteiger partial charge on any atom is -0.351 e. The van der Waals surface area contributed by atoms with Crippen molar-refractivity contribution >= 4 is 29.3 Å². The van der Waals surface area contributed by atoms with Crippen LogP contribution in [0, 0.1) is 0 Å². The number of carbonyl (C=O) groups excluding carboxylic acids is 3. The number of benzene rings is 1. The van der Waals surface area contributed by atoms with Crippen molar-refractivity contribution in [2.75, 3.05) is 6.54 Å². The maximum Gasteiger partial charge on any atom is 0.273 e. The lowest BCUT2D eigenvalue weighted by molar-refractivity contribution is -0.133. The van der Waals surface area contributed by atoms with Crippen LogP contribution in [0.3, 0.4) is 0 Å². The number of carbonyl (C=O) groups is 3. The third-order valence-corrected chi connectivity index (χ3v) is 6.84. The van der Waals surface area contributed by atoms with Crippen molar-refractivity contribution < 1.29 is 14.4 Å². The average Bonchev–Trinajstić information content (AvgIpc) is 3.43. The molecule has 1 aromatic carbocycles. The highest BCUT2D eigenvalue weighted by Gasteiger charge is 2.48. The molecule has 1 atom stereocenters. The molecule has 4 rings (SSSR count). The van der Waals surface area contributed by atoms with Gasteiger partial charge in [-0.25, -0.2) is 4.98 Å². The van der Waals surface area contributed by atoms with Gasteiger partial charge in [0.1, 0.15) is 11.2 Å². The van der Waals surface area contributed by atoms with E-state index >= 15 is 0 Å². The van der Waals surface area contributed by atoms with Gasteiger partial charge in [0.05, 0.1) is 12.9 Å². The molecule has 3 amide bonds. The van der Waals surface area contributed by atoms with Gasteiger partial charge in [-0.15, -0.1) is 0 Å². The summed E-state index contributed by atoms with van der Waals surface area (Å²) in [5.74, 6) is -0.992. The fourth-order valence-electron chi connectivity index (χ4n) is 4.66. The second-order valence-electron chi connectivity index (χ2n) is 8.62. The molecule has 170 valence electrons. The summed E-state index contributed by atoms with van der Waals surface area (Å²) in [6.45, 7) is 4.42. The molecule has 32 heavy (non-hydrogen) atoms. The van der Waals surface area contributed by atoms with Crippen LogP contribution in [0.2, 0.25) is 5.02 Å². The van der Waals surface area contributed by atoms with E-state index in [0.29, 0.717) is 11.6 Å². The Kier molecular flexibility index (Phi) is 6.24. The van der Waals surface area contributed by atoms with E-state index in [2.05, 4.69) is 15.6 Å². The third-order valence-electron chi connectivity index (χ3n) is 6.47. The van der Waals surface area contributed by atoms with Gasteiger partial charge >= 0.3 is 0 Å². The minimum atomic E-state index is -1.05. The number of amides is 3. The summed E-state index contributed by atoms with van der Waals surface area (Å²) in [4.78, 5) is 45.2. The maximum absolute atomic E-state index is 13.4. The van der Waals surface area contributed by atoms with Crippen LogP contribution in [0.1, 0.15) is 66.1 Å². The van der Waals surface area contributed by atoms with Crippen LogP contribution in [0.4, 0.5) is 0 Å². The molecule has 1 aromatic heterocycles. The van der Waals surface area contributed by atoms with Gasteiger partial charge < -0.3 is 20.1 Å². The van der Waals surface area contributed by atoms with Crippen LogP contribution in [-0.4, -0.2) is 50.3 Å². The van der Waals surface area contributed by atoms with E-state index < -0.39 is 11.4 Å². The number of likely N-dealkylation sites (N-methyl/N-ethyl adjacent to an activating group) is 1. The van der Waals surface area contributed by atoms with Gasteiger partial charge in [0.2, 0.25) is 5.91 Å². The normalized spacial score (nSPS) is 20.8. The highest BCUT2D eigenvalue weighted by atomic mass is 35.5. The number of halogens is 1. The zero-order valence-corrected chi connectivity index (χ0v) is 19.1. The number of aromatic nitrogens is 2. The van der Waals surface area contributed by atoms with E-state index in [0.717, 1.165) is 31.2 Å². The van der Waals surface area contributed by atoms with Crippen molar-refractivity contribution in [2.45, 2.75) is 64.2 Å². The lowest BCUT2D eigenvalue weighted by Gasteiger charge is -2.43. The summed E-state index contributed by atoms with van der Waals surface area (Å²) in [5.41, 5.74) is -0.0189. The van der Waals surface area contributed by atoms with E-state index in [1.807, 2.05) is 25.1 Å². The summed E-state index contributed by atoms with van der Waals surface area (Å²) in [6.07, 6.45) is 5.61. The van der Waals surface area contributed by atoms with Crippen molar-refractivity contribution in [1.82, 2.24) is 25.1 Å². The Hall–Kier alpha value is -2.87. The Morgan fingerprint density at radius 3 is 2.66 bits per heavy atom. The zero-order valence-electron chi connectivity index (χ0n) is 18.4. The molecule has 9 heteroatoms. The molecule has 1 aliphatic carbocycles. The summed E-state index contributed by atoms with van der Waals surface area (Å²) in [7, 11) is 0. The van der Waals surface area contributed by atoms with Crippen LogP contribution in [-0.2, 0) is 17.9 Å². The molecule has 0 saturated heterocycles. The zero-order chi connectivity index (χ0) is 22.9. The van der Waals surface area contributed by atoms with Crippen LogP contribution >= 0.6 is 11.6 Å². The van der Waals surface area contributed by atoms with Crippen molar-refractivity contribution in [3.63, 3.8) is 0 Å². The molecule has 2 aliphatic rings. The smallest absolute Gasteiger partial charge is 0.273 e. The first-order valence-electron chi connectivity index (χ1n) is 11.0. The number of nitrogens with zero attached hydrogens (tertiary/aromatic N) is 3. The van der Waals surface area contributed by atoms with Gasteiger partial charge in [0.15, 0.2) is 5.69 Å². The van der Waals surface area contributed by atoms with Gasteiger partial charge in [0.25, 0.3) is 11.8 Å². The van der Waals surface area contributed by atoms with Gasteiger partial charge in [0, 0.05) is 24.2 Å². The standard InChI is InChI=1S/C23H28ClN5O3/c1-3-29-21(31)19-18(20(30)25-12-15-8-4-7-11-17(15)24)26-14-28(19)13-23(29,2)22(32)27-16-9-5-6-10-16/h4,7-8,11,14,16H,3,5-6,9-10,12-13H2,1-2H3,(H,25,30)(H,27,32). The Labute approximate surface area is 192 Å². The molecule has 2 N–H and O–H groups in total. The molecule has 0 bridgehead atoms. The predicted molar refractivity (Wildman–Crippen MR) is 120 cm³/mol. The minimum absolute atomic E-state index is 0.0544. The Morgan fingerprint density at radius 2 is 1.97 bits per heavy atom. The SMILES string of the molecule is CCN1C(=O)c2c(C(=O)NCc3ccccc3Cl)ncn2CC1(C)C(=O)NC1CCCC1. The predicted octanol–water partition coefficient (Wildman–Crippen LogP) is 2.76. The molecular weight excluding hydrogens is 430 g/mol. The molecule has 8 nitrogen and oxygen atoms in total. The van der Waals surface area contributed by atoms with Crippen LogP contribution in [0.5, 0.6) is 0 Å². The molecule has 1 unspecified atom stereocenters. The molecule has 2 heterocycles. The highest BCUT2D eigenvalue weighted by Crippen LogP contribution is 2.29. The Morgan fingerprint density at radius 1 is 1.25 bits per heavy atom. The maximum atomic E-state index is 13.4. The molecule has 0 spiro atoms. The number of hydrogen-bond acceptors (Lipinski definition) is 4. The van der Waals surface area contributed by atoms with E-state index in [-0.39, 0.29) is 42.3 Å². The third kappa shape index (κ3) is 3.99. The first kappa shape index (κ1) is 22.3. The lowest BCUT2D eigenvalue weighted by Crippen LogP contribution is -2.64. The van der Waals surface area contributed by atoms with Gasteiger partial charge in [-0.1, -0.05) is 42.6 Å². The fourth-order valence-corrected chi connectivity index (χ4v) is 4.86. The van der Waals surface area contributed by atoms with E-state index in [9.17, 15) is 14.4 Å². The van der Waals surface area contributed by atoms with Gasteiger partial charge in [-0.05, 0) is 38.3 Å². The van der Waals surface area contributed by atoms with Gasteiger partial charge in [-0.2, -0.15) is 0 Å². The molecular formula is C23H28ClN5O3. The van der Waals surface area contributed by atoms with Gasteiger partial charge in [-0.3, -0.25) is 14.4 Å². The van der Waals surface area contributed by atoms with Crippen LogP contribution in [0.15, 0.2) is 30.6 Å². The summed E-state index contributed by atoms with van der Waals surface area (Å²) in [6, 6.07) is 7.39. The Balaban J connectivity index is 1.55. The monoisotopic (exact) mass is 457 g/mol. The molecule has 0 radical (unpaired) electrons. The van der Waals surface area contributed by atoms with Crippen molar-refractivity contribution in [2.24, 2.45) is 0 Å². The second-order valence-corrected chi connectivity index (χ2v) is 9.03. The largest absolute Gasteiger partial charge is 0.351 e. The van der Waals surface area contributed by atoms with E-state index in [1.165, 1.54) is 6.33 Å². The number of nitrogens with one attached hydrogen (secondary N) is 2. The summed E-state index contributed by atoms with van der Waals surface area (Å²) >= 11 is 6.16. The topological polar surface area (TPSA) is 96.3 Å². The number of fused-ring (bicyclic) bond motifs is 1. The fraction of sp³-hybridized carbons (Fsp3) is 0.478. The second kappa shape index (κ2) is 8.94. The molecule has 1 saturated carbocycles. The summed E-state index contributed by atoms with van der Waals surface area (Å²) in [5, 5.41) is 6.46. The van der Waals surface area contributed by atoms with E-state index in [1.54, 1.807) is 22.5 Å².